The van der Waals surface area contributed by atoms with Gasteiger partial charge in [0.2, 0.25) is 5.91 Å². The Hall–Kier alpha value is -3.68. The summed E-state index contributed by atoms with van der Waals surface area (Å²) in [4.78, 5) is 40.1. The summed E-state index contributed by atoms with van der Waals surface area (Å²) in [5.41, 5.74) is 5.77. The van der Waals surface area contributed by atoms with Crippen molar-refractivity contribution in [3.05, 3.63) is 59.4 Å². The molecule has 3 heterocycles. The molecule has 33 heavy (non-hydrogen) atoms. The van der Waals surface area contributed by atoms with Crippen molar-refractivity contribution in [2.75, 3.05) is 26.7 Å². The molecule has 0 aromatic carbocycles. The number of hydrogen-bond donors (Lipinski definition) is 1. The highest BCUT2D eigenvalue weighted by Crippen LogP contribution is 2.20. The normalized spacial score (nSPS) is 12.6. The molecule has 172 valence electrons. The number of nitrogens with one attached hydrogen (secondary N) is 1. The fourth-order valence-corrected chi connectivity index (χ4v) is 3.68. The molecule has 3 aromatic rings. The van der Waals surface area contributed by atoms with Gasteiger partial charge in [-0.3, -0.25) is 24.7 Å². The zero-order chi connectivity index (χ0) is 23.8. The molecule has 8 heteroatoms. The lowest BCUT2D eigenvalue weighted by Crippen LogP contribution is -2.31. The van der Waals surface area contributed by atoms with Crippen LogP contribution in [0.25, 0.3) is 16.6 Å². The number of rotatable bonds is 9. The third-order valence-corrected chi connectivity index (χ3v) is 5.44. The molecule has 3 aromatic heterocycles. The van der Waals surface area contributed by atoms with Gasteiger partial charge >= 0.3 is 0 Å². The summed E-state index contributed by atoms with van der Waals surface area (Å²) < 4.78 is 0. The van der Waals surface area contributed by atoms with E-state index in [2.05, 4.69) is 24.9 Å². The van der Waals surface area contributed by atoms with Gasteiger partial charge < -0.3 is 9.88 Å². The van der Waals surface area contributed by atoms with Gasteiger partial charge in [0, 0.05) is 68.2 Å². The van der Waals surface area contributed by atoms with Crippen molar-refractivity contribution >= 4 is 34.4 Å². The molecule has 0 atom stereocenters. The van der Waals surface area contributed by atoms with Crippen LogP contribution in [0.2, 0.25) is 0 Å². The monoisotopic (exact) mass is 445 g/mol. The number of aromatic nitrogens is 4. The third kappa shape index (κ3) is 5.39. The average Bonchev–Trinajstić information content (AvgIpc) is 3.26. The number of allylic oxidation sites excluding steroid dienone is 2. The van der Waals surface area contributed by atoms with Crippen LogP contribution in [0.5, 0.6) is 0 Å². The number of H-pyrrole nitrogens is 1. The molecule has 0 aliphatic heterocycles. The lowest BCUT2D eigenvalue weighted by Gasteiger charge is -2.18. The summed E-state index contributed by atoms with van der Waals surface area (Å²) in [6.45, 7) is 10.0. The molecule has 0 saturated carbocycles. The predicted octanol–water partition coefficient (Wildman–Crippen LogP) is 3.73. The van der Waals surface area contributed by atoms with Crippen LogP contribution in [0, 0.1) is 0 Å². The minimum Gasteiger partial charge on any atom is -0.343 e. The topological polar surface area (TPSA) is 99.5 Å². The summed E-state index contributed by atoms with van der Waals surface area (Å²) in [5.74, 6) is 0.674. The largest absolute Gasteiger partial charge is 0.343 e. The second-order valence-electron chi connectivity index (χ2n) is 7.43. The minimum absolute atomic E-state index is 0.0627. The first-order valence-corrected chi connectivity index (χ1v) is 11.3. The van der Waals surface area contributed by atoms with Gasteiger partial charge in [-0.05, 0) is 39.3 Å². The molecule has 0 radical (unpaired) electrons. The number of aromatic amines is 1. The Morgan fingerprint density at radius 1 is 1.09 bits per heavy atom. The summed E-state index contributed by atoms with van der Waals surface area (Å²) >= 11 is 0. The van der Waals surface area contributed by atoms with Crippen LogP contribution in [0.3, 0.4) is 0 Å². The smallest absolute Gasteiger partial charge is 0.227 e. The minimum atomic E-state index is 0.0627. The lowest BCUT2D eigenvalue weighted by atomic mass is 10.0. The number of nitrogens with zero attached hydrogens (tertiary/aromatic N) is 6. The first kappa shape index (κ1) is 24.0. The van der Waals surface area contributed by atoms with E-state index in [0.29, 0.717) is 24.6 Å². The highest BCUT2D eigenvalue weighted by Gasteiger charge is 2.18. The van der Waals surface area contributed by atoms with Crippen molar-refractivity contribution < 1.29 is 4.79 Å². The van der Waals surface area contributed by atoms with Crippen molar-refractivity contribution in [3.63, 3.8) is 0 Å². The van der Waals surface area contributed by atoms with Crippen LogP contribution >= 0.6 is 0 Å². The summed E-state index contributed by atoms with van der Waals surface area (Å²) in [5, 5.41) is 0. The van der Waals surface area contributed by atoms with Crippen molar-refractivity contribution in [3.8, 4) is 0 Å². The molecule has 3 rings (SSSR count). The van der Waals surface area contributed by atoms with Gasteiger partial charge in [-0.25, -0.2) is 4.98 Å². The Morgan fingerprint density at radius 3 is 2.48 bits per heavy atom. The molecule has 0 fully saturated rings. The SMILES string of the molecule is C/C=C(\C=NCC)c1cncc(C(=NC)c2nc3c(CC(=O)N(CC)CC)cncc3[nH]2)c1. The summed E-state index contributed by atoms with van der Waals surface area (Å²) in [6.07, 6.45) is 11.1. The van der Waals surface area contributed by atoms with Crippen LogP contribution in [0.4, 0.5) is 0 Å². The number of likely N-dealkylation sites (N-methyl/N-ethyl adjacent to an activating group) is 1. The number of carbonyl (C=O) groups excluding carboxylic acids is 1. The number of fused-ring (bicyclic) bond motifs is 1. The third-order valence-electron chi connectivity index (χ3n) is 5.44. The lowest BCUT2D eigenvalue weighted by molar-refractivity contribution is -0.130. The maximum absolute atomic E-state index is 12.7. The highest BCUT2D eigenvalue weighted by molar-refractivity contribution is 6.14. The molecule has 0 aliphatic carbocycles. The van der Waals surface area contributed by atoms with E-state index in [9.17, 15) is 4.79 Å². The van der Waals surface area contributed by atoms with E-state index in [0.717, 1.165) is 39.8 Å². The number of pyridine rings is 2. The van der Waals surface area contributed by atoms with Gasteiger partial charge in [-0.1, -0.05) is 6.08 Å². The fraction of sp³-hybridized carbons (Fsp3) is 0.360. The molecular weight excluding hydrogens is 414 g/mol. The molecule has 1 N–H and O–H groups in total. The van der Waals surface area contributed by atoms with E-state index in [1.165, 1.54) is 0 Å². The maximum Gasteiger partial charge on any atom is 0.227 e. The molecule has 1 amide bonds. The molecule has 0 spiro atoms. The number of carbonyl (C=O) groups is 1. The Kier molecular flexibility index (Phi) is 8.18. The van der Waals surface area contributed by atoms with Crippen molar-refractivity contribution in [1.82, 2.24) is 24.8 Å². The van der Waals surface area contributed by atoms with Crippen LogP contribution in [-0.2, 0) is 11.2 Å². The Labute approximate surface area is 194 Å². The average molecular weight is 446 g/mol. The van der Waals surface area contributed by atoms with Crippen molar-refractivity contribution in [1.29, 1.82) is 0 Å². The first-order valence-electron chi connectivity index (χ1n) is 11.3. The number of hydrogen-bond acceptors (Lipinski definition) is 6. The van der Waals surface area contributed by atoms with E-state index in [4.69, 9.17) is 4.98 Å². The molecule has 8 nitrogen and oxygen atoms in total. The molecule has 0 unspecified atom stereocenters. The van der Waals surface area contributed by atoms with E-state index in [1.807, 2.05) is 57.1 Å². The predicted molar refractivity (Wildman–Crippen MR) is 134 cm³/mol. The van der Waals surface area contributed by atoms with Gasteiger partial charge in [0.15, 0.2) is 5.82 Å². The molecule has 0 aliphatic rings. The van der Waals surface area contributed by atoms with Gasteiger partial charge in [0.05, 0.1) is 23.7 Å². The van der Waals surface area contributed by atoms with Crippen molar-refractivity contribution in [2.24, 2.45) is 9.98 Å². The number of aliphatic imine (C=N–C) groups is 2. The summed E-state index contributed by atoms with van der Waals surface area (Å²) in [7, 11) is 1.73. The number of amides is 1. The number of imidazole rings is 1. The fourth-order valence-electron chi connectivity index (χ4n) is 3.68. The van der Waals surface area contributed by atoms with E-state index in [-0.39, 0.29) is 12.3 Å². The Morgan fingerprint density at radius 2 is 1.82 bits per heavy atom. The van der Waals surface area contributed by atoms with Gasteiger partial charge in [-0.15, -0.1) is 0 Å². The van der Waals surface area contributed by atoms with Crippen LogP contribution in [-0.4, -0.2) is 69.4 Å². The van der Waals surface area contributed by atoms with Crippen LogP contribution < -0.4 is 0 Å². The van der Waals surface area contributed by atoms with Crippen LogP contribution in [0.15, 0.2) is 46.9 Å². The van der Waals surface area contributed by atoms with Gasteiger partial charge in [0.1, 0.15) is 5.71 Å². The van der Waals surface area contributed by atoms with Gasteiger partial charge in [-0.2, -0.15) is 0 Å². The first-order chi connectivity index (χ1) is 16.1. The zero-order valence-electron chi connectivity index (χ0n) is 20.0. The van der Waals surface area contributed by atoms with E-state index >= 15 is 0 Å². The van der Waals surface area contributed by atoms with Gasteiger partial charge in [0.25, 0.3) is 0 Å². The van der Waals surface area contributed by atoms with E-state index < -0.39 is 0 Å². The highest BCUT2D eigenvalue weighted by atomic mass is 16.2. The van der Waals surface area contributed by atoms with Crippen molar-refractivity contribution in [2.45, 2.75) is 34.1 Å². The molecular formula is C25H31N7O. The molecule has 0 saturated heterocycles. The standard InChI is InChI=1S/C25H31N7O/c1-6-17(12-27-7-2)18-10-19(14-28-13-18)24(26-5)25-30-21-16-29-15-20(23(21)31-25)11-22(33)32(8-3)9-4/h6,10,12-16H,7-9,11H2,1-5H3,(H,30,31)/b17-6+,26-24?,27-12?. The zero-order valence-corrected chi connectivity index (χ0v) is 20.0. The summed E-state index contributed by atoms with van der Waals surface area (Å²) in [6, 6.07) is 2.03. The quantitative estimate of drug-likeness (QED) is 0.507. The molecule has 0 bridgehead atoms. The Bertz CT molecular complexity index is 1200. The second-order valence-corrected chi connectivity index (χ2v) is 7.43. The maximum atomic E-state index is 12.7. The van der Waals surface area contributed by atoms with Crippen LogP contribution in [0.1, 0.15) is 50.2 Å². The van der Waals surface area contributed by atoms with E-state index in [1.54, 1.807) is 25.6 Å². The Balaban J connectivity index is 1.98. The second kappa shape index (κ2) is 11.3.